The van der Waals surface area contributed by atoms with Crippen LogP contribution in [0, 0.1) is 5.82 Å². The van der Waals surface area contributed by atoms with Gasteiger partial charge < -0.3 is 14.2 Å². The van der Waals surface area contributed by atoms with Crippen LogP contribution in [0.3, 0.4) is 0 Å². The monoisotopic (exact) mass is 479 g/mol. The summed E-state index contributed by atoms with van der Waals surface area (Å²) in [5.41, 5.74) is 2.91. The summed E-state index contributed by atoms with van der Waals surface area (Å²) in [6.07, 6.45) is 2.13. The summed E-state index contributed by atoms with van der Waals surface area (Å²) in [6, 6.07) is 15.1. The van der Waals surface area contributed by atoms with Crippen LogP contribution in [-0.4, -0.2) is 21.6 Å². The molecule has 34 heavy (non-hydrogen) atoms. The molecule has 2 aromatic heterocycles. The average Bonchev–Trinajstić information content (AvgIpc) is 2.85. The van der Waals surface area contributed by atoms with E-state index in [4.69, 9.17) is 25.8 Å². The van der Waals surface area contributed by atoms with Gasteiger partial charge in [0.15, 0.2) is 11.6 Å². The Morgan fingerprint density at radius 2 is 1.97 bits per heavy atom. The molecule has 0 bridgehead atoms. The van der Waals surface area contributed by atoms with E-state index < -0.39 is 5.82 Å². The maximum absolute atomic E-state index is 14.5. The quantitative estimate of drug-likeness (QED) is 0.386. The van der Waals surface area contributed by atoms with Gasteiger partial charge in [-0.2, -0.15) is 4.98 Å². The molecule has 172 valence electrons. The molecular weight excluding hydrogens is 461 g/mol. The van der Waals surface area contributed by atoms with E-state index in [1.807, 2.05) is 18.2 Å². The summed E-state index contributed by atoms with van der Waals surface area (Å²) < 4.78 is 32.7. The molecule has 9 heteroatoms. The summed E-state index contributed by atoms with van der Waals surface area (Å²) in [6.45, 7) is 0.554. The number of methoxy groups -OCH3 is 1. The van der Waals surface area contributed by atoms with E-state index in [1.165, 1.54) is 18.3 Å². The molecule has 0 radical (unpaired) electrons. The number of hydrogen-bond donors (Lipinski definition) is 0. The number of benzene rings is 2. The zero-order valence-corrected chi connectivity index (χ0v) is 18.9. The number of rotatable bonds is 6. The van der Waals surface area contributed by atoms with Crippen molar-refractivity contribution in [2.24, 2.45) is 0 Å². The summed E-state index contributed by atoms with van der Waals surface area (Å²) in [4.78, 5) is 20.6. The lowest BCUT2D eigenvalue weighted by Gasteiger charge is -2.22. The lowest BCUT2D eigenvalue weighted by atomic mass is 9.97. The van der Waals surface area contributed by atoms with Crippen LogP contribution in [-0.2, 0) is 19.6 Å². The van der Waals surface area contributed by atoms with Crippen molar-refractivity contribution in [2.45, 2.75) is 19.6 Å². The fourth-order valence-corrected chi connectivity index (χ4v) is 3.91. The fraction of sp³-hybridized carbons (Fsp3) is 0.160. The molecule has 0 N–H and O–H groups in total. The first kappa shape index (κ1) is 21.9. The van der Waals surface area contributed by atoms with Crippen molar-refractivity contribution in [1.82, 2.24) is 14.5 Å². The number of aryl methyl sites for hydroxylation is 1. The second-order valence-corrected chi connectivity index (χ2v) is 8.09. The molecule has 3 heterocycles. The van der Waals surface area contributed by atoms with Crippen molar-refractivity contribution in [3.05, 3.63) is 93.2 Å². The summed E-state index contributed by atoms with van der Waals surface area (Å²) in [5.74, 6) is 0.617. The Kier molecular flexibility index (Phi) is 5.90. The van der Waals surface area contributed by atoms with Crippen LogP contribution < -0.4 is 19.9 Å². The van der Waals surface area contributed by atoms with Gasteiger partial charge in [0.2, 0.25) is 11.8 Å². The smallest absolute Gasteiger partial charge is 0.351 e. The largest absolute Gasteiger partial charge is 0.497 e. The Morgan fingerprint density at radius 3 is 2.74 bits per heavy atom. The zero-order chi connectivity index (χ0) is 23.7. The maximum Gasteiger partial charge on any atom is 0.351 e. The molecule has 0 saturated heterocycles. The Morgan fingerprint density at radius 1 is 1.09 bits per heavy atom. The predicted octanol–water partition coefficient (Wildman–Crippen LogP) is 5.03. The molecule has 1 aliphatic heterocycles. The van der Waals surface area contributed by atoms with Gasteiger partial charge in [0, 0.05) is 30.4 Å². The molecule has 0 spiro atoms. The van der Waals surface area contributed by atoms with Crippen LogP contribution in [0.5, 0.6) is 23.3 Å². The van der Waals surface area contributed by atoms with Gasteiger partial charge in [-0.1, -0.05) is 17.7 Å². The highest BCUT2D eigenvalue weighted by atomic mass is 35.5. The second kappa shape index (κ2) is 9.15. The molecule has 7 nitrogen and oxygen atoms in total. The minimum Gasteiger partial charge on any atom is -0.497 e. The number of hydrogen-bond acceptors (Lipinski definition) is 6. The number of pyridine rings is 1. The van der Waals surface area contributed by atoms with Crippen LogP contribution >= 0.6 is 11.6 Å². The van der Waals surface area contributed by atoms with Crippen LogP contribution in [0.1, 0.15) is 11.1 Å². The first-order valence-electron chi connectivity index (χ1n) is 10.5. The van der Waals surface area contributed by atoms with Gasteiger partial charge in [-0.25, -0.2) is 14.2 Å². The summed E-state index contributed by atoms with van der Waals surface area (Å²) in [5, 5.41) is 0.457. The fourth-order valence-electron chi connectivity index (χ4n) is 3.79. The van der Waals surface area contributed by atoms with E-state index in [0.29, 0.717) is 23.6 Å². The second-order valence-electron chi connectivity index (χ2n) is 7.66. The lowest BCUT2D eigenvalue weighted by molar-refractivity contribution is 0.290. The molecule has 0 fully saturated rings. The van der Waals surface area contributed by atoms with Gasteiger partial charge in [-0.05, 0) is 53.9 Å². The highest BCUT2D eigenvalue weighted by molar-refractivity contribution is 6.30. The average molecular weight is 480 g/mol. The molecule has 1 aliphatic rings. The topological polar surface area (TPSA) is 75.5 Å². The summed E-state index contributed by atoms with van der Waals surface area (Å²) >= 11 is 5.80. The molecule has 0 saturated carbocycles. The van der Waals surface area contributed by atoms with E-state index in [1.54, 1.807) is 35.9 Å². The van der Waals surface area contributed by atoms with Crippen molar-refractivity contribution >= 4 is 11.6 Å². The molecule has 2 aromatic carbocycles. The molecule has 0 unspecified atom stereocenters. The minimum atomic E-state index is -0.570. The van der Waals surface area contributed by atoms with Gasteiger partial charge in [0.1, 0.15) is 12.4 Å². The van der Waals surface area contributed by atoms with Crippen molar-refractivity contribution in [1.29, 1.82) is 0 Å². The van der Waals surface area contributed by atoms with E-state index >= 15 is 0 Å². The Labute approximate surface area is 199 Å². The molecule has 5 rings (SSSR count). The van der Waals surface area contributed by atoms with E-state index in [9.17, 15) is 9.18 Å². The highest BCUT2D eigenvalue weighted by Gasteiger charge is 2.20. The van der Waals surface area contributed by atoms with Gasteiger partial charge in [0.05, 0.1) is 17.8 Å². The zero-order valence-electron chi connectivity index (χ0n) is 18.1. The van der Waals surface area contributed by atoms with Gasteiger partial charge >= 0.3 is 5.69 Å². The van der Waals surface area contributed by atoms with E-state index in [0.717, 1.165) is 22.6 Å². The lowest BCUT2D eigenvalue weighted by Crippen LogP contribution is -2.28. The van der Waals surface area contributed by atoms with E-state index in [2.05, 4.69) is 9.97 Å². The minimum absolute atomic E-state index is 0.0238. The maximum atomic E-state index is 14.5. The third-order valence-corrected chi connectivity index (χ3v) is 5.70. The van der Waals surface area contributed by atoms with Crippen LogP contribution in [0.2, 0.25) is 5.02 Å². The number of ether oxygens (including phenoxy) is 3. The number of nitrogens with zero attached hydrogens (tertiary/aromatic N) is 3. The van der Waals surface area contributed by atoms with Crippen LogP contribution in [0.4, 0.5) is 4.39 Å². The van der Waals surface area contributed by atoms with Crippen LogP contribution in [0.15, 0.2) is 65.6 Å². The van der Waals surface area contributed by atoms with Gasteiger partial charge in [0.25, 0.3) is 0 Å². The SMILES string of the molecule is COc1ccc2c(c1)CCn1c-2cc(OCc2ccc(Oc3ccc(Cl)cn3)c(F)c2)nc1=O. The van der Waals surface area contributed by atoms with Crippen molar-refractivity contribution in [3.63, 3.8) is 0 Å². The molecule has 0 aliphatic carbocycles. The third kappa shape index (κ3) is 4.45. The highest BCUT2D eigenvalue weighted by Crippen LogP contribution is 2.32. The van der Waals surface area contributed by atoms with E-state index in [-0.39, 0.29) is 29.8 Å². The molecule has 0 atom stereocenters. The third-order valence-electron chi connectivity index (χ3n) is 5.48. The first-order valence-corrected chi connectivity index (χ1v) is 10.9. The molecule has 4 aromatic rings. The normalized spacial score (nSPS) is 12.0. The first-order chi connectivity index (χ1) is 16.5. The number of aromatic nitrogens is 3. The Bertz CT molecular complexity index is 1420. The Hall–Kier alpha value is -3.91. The molecular formula is C25H19ClFN3O4. The van der Waals surface area contributed by atoms with Crippen LogP contribution in [0.25, 0.3) is 11.3 Å². The predicted molar refractivity (Wildman–Crippen MR) is 124 cm³/mol. The van der Waals surface area contributed by atoms with Crippen molar-refractivity contribution in [2.75, 3.05) is 7.11 Å². The van der Waals surface area contributed by atoms with Crippen molar-refractivity contribution in [3.8, 4) is 34.5 Å². The van der Waals surface area contributed by atoms with Gasteiger partial charge in [-0.3, -0.25) is 4.57 Å². The van der Waals surface area contributed by atoms with Crippen molar-refractivity contribution < 1.29 is 18.6 Å². The number of halogens is 2. The van der Waals surface area contributed by atoms with Gasteiger partial charge in [-0.15, -0.1) is 0 Å². The summed E-state index contributed by atoms with van der Waals surface area (Å²) in [7, 11) is 1.62. The molecule has 0 amide bonds. The number of fused-ring (bicyclic) bond motifs is 3. The Balaban J connectivity index is 1.33. The standard InChI is InChI=1S/C25H19ClFN3O4/c1-32-18-4-5-19-16(11-18)8-9-30-21(19)12-24(29-25(30)31)33-14-15-2-6-22(20(27)10-15)34-23-7-3-17(26)13-28-23/h2-7,10-13H,8-9,14H2,1H3.